The molecule has 0 unspecified atom stereocenters. The Morgan fingerprint density at radius 3 is 0.817 bits per heavy atom. The maximum atomic E-state index is 12.8. The Bertz CT molecular complexity index is 903. The van der Waals surface area contributed by atoms with Gasteiger partial charge >= 0.3 is 17.9 Å². The van der Waals surface area contributed by atoms with Gasteiger partial charge in [-0.2, -0.15) is 0 Å². The van der Waals surface area contributed by atoms with Gasteiger partial charge in [0, 0.05) is 19.3 Å². The number of ether oxygens (including phenoxy) is 3. The third-order valence-electron chi connectivity index (χ3n) is 12.3. The molecule has 0 bridgehead atoms. The van der Waals surface area contributed by atoms with Crippen molar-refractivity contribution < 1.29 is 28.6 Å². The normalized spacial score (nSPS) is 11.9. The van der Waals surface area contributed by atoms with E-state index >= 15 is 0 Å². The number of esters is 3. The van der Waals surface area contributed by atoms with Gasteiger partial charge in [0.05, 0.1) is 0 Å². The van der Waals surface area contributed by atoms with Gasteiger partial charge in [-0.3, -0.25) is 14.4 Å². The van der Waals surface area contributed by atoms with Crippen LogP contribution in [0.5, 0.6) is 0 Å². The Morgan fingerprint density at radius 2 is 0.550 bits per heavy atom. The molecule has 0 spiro atoms. The lowest BCUT2D eigenvalue weighted by Gasteiger charge is -2.18. The minimum Gasteiger partial charge on any atom is -0.462 e. The van der Waals surface area contributed by atoms with Crippen molar-refractivity contribution in [2.75, 3.05) is 13.2 Å². The summed E-state index contributed by atoms with van der Waals surface area (Å²) in [7, 11) is 0. The highest BCUT2D eigenvalue weighted by atomic mass is 16.6. The van der Waals surface area contributed by atoms with Crippen molar-refractivity contribution >= 4 is 17.9 Å². The lowest BCUT2D eigenvalue weighted by molar-refractivity contribution is -0.167. The summed E-state index contributed by atoms with van der Waals surface area (Å²) in [5.74, 6) is -0.0365. The first-order valence-electron chi connectivity index (χ1n) is 26.9. The number of carbonyl (C=O) groups excluding carboxylic acids is 3. The third kappa shape index (κ3) is 47.5. The van der Waals surface area contributed by atoms with Gasteiger partial charge in [-0.15, -0.1) is 0 Å². The average Bonchev–Trinajstić information content (AvgIpc) is 3.23. The Labute approximate surface area is 374 Å². The summed E-state index contributed by atoms with van der Waals surface area (Å²) in [5.41, 5.74) is 0. The van der Waals surface area contributed by atoms with Gasteiger partial charge in [0.15, 0.2) is 6.10 Å². The second kappa shape index (κ2) is 48.4. The van der Waals surface area contributed by atoms with Crippen molar-refractivity contribution in [2.24, 2.45) is 5.92 Å². The summed E-state index contributed by atoms with van der Waals surface area (Å²) in [6.07, 6.45) is 50.9. The monoisotopic (exact) mass is 849 g/mol. The molecule has 0 aliphatic heterocycles. The fraction of sp³-hybridized carbons (Fsp3) is 0.944. The first-order chi connectivity index (χ1) is 29.4. The Kier molecular flexibility index (Phi) is 47.2. The van der Waals surface area contributed by atoms with E-state index in [0.29, 0.717) is 19.3 Å². The quantitative estimate of drug-likeness (QED) is 0.0345. The molecule has 0 amide bonds. The maximum absolute atomic E-state index is 12.8. The number of carbonyl (C=O) groups is 3. The van der Waals surface area contributed by atoms with Gasteiger partial charge in [-0.05, 0) is 25.2 Å². The molecule has 0 aromatic heterocycles. The van der Waals surface area contributed by atoms with Crippen molar-refractivity contribution in [1.82, 2.24) is 0 Å². The van der Waals surface area contributed by atoms with Gasteiger partial charge in [-0.1, -0.05) is 265 Å². The SMILES string of the molecule is CCCCCCCCCCCCCCCCCCC(=O)OC[C@@H](COC(=O)CCCCCCCCCCCCCCCC)OC(=O)CCCCCCCCCCCC(C)C. The zero-order chi connectivity index (χ0) is 43.8. The van der Waals surface area contributed by atoms with Gasteiger partial charge in [-0.25, -0.2) is 0 Å². The first-order valence-corrected chi connectivity index (χ1v) is 26.9. The van der Waals surface area contributed by atoms with Gasteiger partial charge < -0.3 is 14.2 Å². The van der Waals surface area contributed by atoms with Crippen molar-refractivity contribution in [3.8, 4) is 0 Å². The molecule has 0 aromatic carbocycles. The molecule has 6 heteroatoms. The standard InChI is InChI=1S/C54H104O6/c1-5-7-9-11-13-15-17-19-21-22-24-26-30-34-38-42-46-53(56)59-49-51(60-54(57)47-43-39-35-31-27-28-32-36-40-44-50(3)4)48-58-52(55)45-41-37-33-29-25-23-20-18-16-14-12-10-8-6-2/h50-51H,5-49H2,1-4H3/t51-/m1/s1. The van der Waals surface area contributed by atoms with E-state index in [2.05, 4.69) is 27.7 Å². The first kappa shape index (κ1) is 58.4. The summed E-state index contributed by atoms with van der Waals surface area (Å²) in [6.45, 7) is 9.02. The second-order valence-electron chi connectivity index (χ2n) is 19.0. The van der Waals surface area contributed by atoms with Crippen molar-refractivity contribution in [2.45, 2.75) is 310 Å². The molecule has 0 rings (SSSR count). The highest BCUT2D eigenvalue weighted by Gasteiger charge is 2.19. The van der Waals surface area contributed by atoms with E-state index in [1.807, 2.05) is 0 Å². The molecule has 356 valence electrons. The van der Waals surface area contributed by atoms with Crippen LogP contribution in [-0.4, -0.2) is 37.2 Å². The van der Waals surface area contributed by atoms with Crippen LogP contribution in [0.2, 0.25) is 0 Å². The minimum absolute atomic E-state index is 0.0628. The van der Waals surface area contributed by atoms with E-state index in [9.17, 15) is 14.4 Å². The zero-order valence-corrected chi connectivity index (χ0v) is 40.9. The van der Waals surface area contributed by atoms with Crippen molar-refractivity contribution in [3.05, 3.63) is 0 Å². The van der Waals surface area contributed by atoms with Crippen LogP contribution < -0.4 is 0 Å². The van der Waals surface area contributed by atoms with Gasteiger partial charge in [0.2, 0.25) is 0 Å². The largest absolute Gasteiger partial charge is 0.462 e. The smallest absolute Gasteiger partial charge is 0.306 e. The summed E-state index contributed by atoms with van der Waals surface area (Å²) < 4.78 is 16.8. The molecule has 6 nitrogen and oxygen atoms in total. The van der Waals surface area contributed by atoms with Crippen molar-refractivity contribution in [1.29, 1.82) is 0 Å². The van der Waals surface area contributed by atoms with Crippen LogP contribution in [-0.2, 0) is 28.6 Å². The molecule has 0 fully saturated rings. The van der Waals surface area contributed by atoms with Crippen LogP contribution in [0.25, 0.3) is 0 Å². The minimum atomic E-state index is -0.761. The molecule has 0 saturated heterocycles. The van der Waals surface area contributed by atoms with E-state index < -0.39 is 6.10 Å². The fourth-order valence-corrected chi connectivity index (χ4v) is 8.22. The molecule has 60 heavy (non-hydrogen) atoms. The fourth-order valence-electron chi connectivity index (χ4n) is 8.22. The molecule has 0 aliphatic rings. The average molecular weight is 849 g/mol. The predicted octanol–water partition coefficient (Wildman–Crippen LogP) is 17.5. The van der Waals surface area contributed by atoms with Crippen molar-refractivity contribution in [3.63, 3.8) is 0 Å². The number of rotatable bonds is 49. The van der Waals surface area contributed by atoms with E-state index in [1.54, 1.807) is 0 Å². The van der Waals surface area contributed by atoms with E-state index in [4.69, 9.17) is 14.2 Å². The van der Waals surface area contributed by atoms with E-state index in [0.717, 1.165) is 63.7 Å². The van der Waals surface area contributed by atoms with Crippen LogP contribution in [0.1, 0.15) is 304 Å². The van der Waals surface area contributed by atoms with Crippen LogP contribution in [0.3, 0.4) is 0 Å². The Hall–Kier alpha value is -1.59. The molecular weight excluding hydrogens is 745 g/mol. The summed E-state index contributed by atoms with van der Waals surface area (Å²) >= 11 is 0. The van der Waals surface area contributed by atoms with E-state index in [-0.39, 0.29) is 31.1 Å². The molecule has 0 N–H and O–H groups in total. The lowest BCUT2D eigenvalue weighted by atomic mass is 10.0. The second-order valence-corrected chi connectivity index (χ2v) is 19.0. The molecule has 0 radical (unpaired) electrons. The Morgan fingerprint density at radius 1 is 0.317 bits per heavy atom. The maximum Gasteiger partial charge on any atom is 0.306 e. The van der Waals surface area contributed by atoms with Gasteiger partial charge in [0.25, 0.3) is 0 Å². The molecule has 1 atom stereocenters. The lowest BCUT2D eigenvalue weighted by Crippen LogP contribution is -2.30. The summed E-state index contributed by atoms with van der Waals surface area (Å²) in [6, 6.07) is 0. The highest BCUT2D eigenvalue weighted by molar-refractivity contribution is 5.71. The molecule has 0 saturated carbocycles. The van der Waals surface area contributed by atoms with Crippen LogP contribution in [0.4, 0.5) is 0 Å². The van der Waals surface area contributed by atoms with Crippen LogP contribution in [0.15, 0.2) is 0 Å². The zero-order valence-electron chi connectivity index (χ0n) is 40.9. The van der Waals surface area contributed by atoms with Crippen LogP contribution in [0, 0.1) is 5.92 Å². The summed E-state index contributed by atoms with van der Waals surface area (Å²) in [5, 5.41) is 0. The number of unbranched alkanes of at least 4 members (excludes halogenated alkanes) is 36. The molecule has 0 aliphatic carbocycles. The number of hydrogen-bond donors (Lipinski definition) is 0. The molecule has 0 heterocycles. The van der Waals surface area contributed by atoms with E-state index in [1.165, 1.54) is 199 Å². The topological polar surface area (TPSA) is 78.9 Å². The third-order valence-corrected chi connectivity index (χ3v) is 12.3. The highest BCUT2D eigenvalue weighted by Crippen LogP contribution is 2.17. The summed E-state index contributed by atoms with van der Waals surface area (Å²) in [4.78, 5) is 38.0. The van der Waals surface area contributed by atoms with Gasteiger partial charge in [0.1, 0.15) is 13.2 Å². The number of hydrogen-bond acceptors (Lipinski definition) is 6. The molecular formula is C54H104O6. The van der Waals surface area contributed by atoms with Crippen LogP contribution >= 0.6 is 0 Å². The predicted molar refractivity (Wildman–Crippen MR) is 257 cm³/mol. The molecule has 0 aromatic rings. The Balaban J connectivity index is 4.29.